The smallest absolute Gasteiger partial charge is 0.303 e. The summed E-state index contributed by atoms with van der Waals surface area (Å²) >= 11 is 1.58. The molecule has 226 valence electrons. The zero-order valence-corrected chi connectivity index (χ0v) is 24.9. The Morgan fingerprint density at radius 2 is 1.95 bits per heavy atom. The first-order valence-corrected chi connectivity index (χ1v) is 15.1. The Labute approximate surface area is 248 Å². The molecule has 1 aliphatic rings. The Kier molecular flexibility index (Phi) is 10.7. The minimum atomic E-state index is -0.820. The molecular formula is C30H38N4O7S. The molecule has 1 fully saturated rings. The summed E-state index contributed by atoms with van der Waals surface area (Å²) in [5, 5.41) is 26.0. The van der Waals surface area contributed by atoms with Crippen LogP contribution in [0.25, 0.3) is 10.4 Å². The normalized spacial score (nSPS) is 17.4. The van der Waals surface area contributed by atoms with Crippen molar-refractivity contribution in [3.05, 3.63) is 52.9 Å². The summed E-state index contributed by atoms with van der Waals surface area (Å²) < 4.78 is 11.1. The molecule has 42 heavy (non-hydrogen) atoms. The van der Waals surface area contributed by atoms with E-state index in [4.69, 9.17) is 14.4 Å². The van der Waals surface area contributed by atoms with Crippen LogP contribution in [0.1, 0.15) is 68.9 Å². The molecular weight excluding hydrogens is 560 g/mol. The monoisotopic (exact) mass is 598 g/mol. The van der Waals surface area contributed by atoms with Crippen LogP contribution in [-0.2, 0) is 20.9 Å². The second-order valence-electron chi connectivity index (χ2n) is 10.9. The second-order valence-corrected chi connectivity index (χ2v) is 11.8. The van der Waals surface area contributed by atoms with E-state index in [1.165, 1.54) is 4.90 Å². The number of ether oxygens (including phenoxy) is 1. The van der Waals surface area contributed by atoms with Gasteiger partial charge in [0, 0.05) is 32.0 Å². The third-order valence-electron chi connectivity index (χ3n) is 7.32. The molecule has 2 amide bonds. The van der Waals surface area contributed by atoms with E-state index in [1.807, 2.05) is 50.5 Å². The van der Waals surface area contributed by atoms with Crippen LogP contribution in [0.15, 0.2) is 40.4 Å². The van der Waals surface area contributed by atoms with Gasteiger partial charge in [0.15, 0.2) is 5.76 Å². The number of carbonyl (C=O) groups excluding carboxylic acids is 2. The number of carbonyl (C=O) groups is 3. The maximum atomic E-state index is 13.8. The van der Waals surface area contributed by atoms with Crippen LogP contribution in [0.3, 0.4) is 0 Å². The van der Waals surface area contributed by atoms with E-state index in [1.54, 1.807) is 17.4 Å². The predicted octanol–water partition coefficient (Wildman–Crippen LogP) is 4.15. The van der Waals surface area contributed by atoms with Gasteiger partial charge in [0.25, 0.3) is 5.88 Å². The molecule has 1 saturated heterocycles. The molecule has 0 bridgehead atoms. The summed E-state index contributed by atoms with van der Waals surface area (Å²) in [5.74, 6) is -1.77. The lowest BCUT2D eigenvalue weighted by Crippen LogP contribution is -2.48. The summed E-state index contributed by atoms with van der Waals surface area (Å²) in [6.07, 6.45) is 1.41. The third kappa shape index (κ3) is 7.95. The Hall–Kier alpha value is -3.77. The van der Waals surface area contributed by atoms with Crippen LogP contribution in [0.4, 0.5) is 0 Å². The first-order chi connectivity index (χ1) is 20.1. The molecule has 11 nitrogen and oxygen atoms in total. The van der Waals surface area contributed by atoms with Crippen molar-refractivity contribution in [2.24, 2.45) is 5.92 Å². The van der Waals surface area contributed by atoms with E-state index >= 15 is 0 Å². The van der Waals surface area contributed by atoms with Crippen molar-refractivity contribution < 1.29 is 33.9 Å². The Bertz CT molecular complexity index is 1350. The number of nitrogens with one attached hydrogen (secondary N) is 1. The number of β-amino-alcohol motifs (C(OH)–C–C–N with tert-alkyl or cyclic N) is 1. The number of aromatic nitrogens is 2. The van der Waals surface area contributed by atoms with Crippen molar-refractivity contribution in [3.63, 3.8) is 0 Å². The van der Waals surface area contributed by atoms with Gasteiger partial charge < -0.3 is 29.7 Å². The minimum absolute atomic E-state index is 0.0525. The van der Waals surface area contributed by atoms with E-state index in [-0.39, 0.29) is 43.0 Å². The van der Waals surface area contributed by atoms with Gasteiger partial charge in [-0.2, -0.15) is 0 Å². The largest absolute Gasteiger partial charge is 0.481 e. The molecule has 1 aromatic carbocycles. The third-order valence-corrected chi connectivity index (χ3v) is 8.30. The maximum Gasteiger partial charge on any atom is 0.303 e. The number of thiazole rings is 1. The number of unbranched alkanes of at least 4 members (excludes halogenated alkanes) is 2. The van der Waals surface area contributed by atoms with Crippen molar-refractivity contribution >= 4 is 29.1 Å². The Morgan fingerprint density at radius 1 is 1.19 bits per heavy atom. The highest BCUT2D eigenvalue weighted by atomic mass is 32.1. The second kappa shape index (κ2) is 14.4. The van der Waals surface area contributed by atoms with Crippen molar-refractivity contribution in [2.45, 2.75) is 77.5 Å². The number of amides is 2. The number of likely N-dealkylation sites (tertiary alicyclic amines) is 1. The number of aliphatic hydroxyl groups is 1. The number of benzene rings is 1. The van der Waals surface area contributed by atoms with Gasteiger partial charge in [0.2, 0.25) is 11.8 Å². The van der Waals surface area contributed by atoms with Gasteiger partial charge >= 0.3 is 5.97 Å². The fourth-order valence-electron chi connectivity index (χ4n) is 5.10. The van der Waals surface area contributed by atoms with Crippen LogP contribution in [-0.4, -0.2) is 68.3 Å². The van der Waals surface area contributed by atoms with Gasteiger partial charge in [-0.05, 0) is 48.4 Å². The lowest BCUT2D eigenvalue weighted by molar-refractivity contribution is -0.141. The first kappa shape index (κ1) is 31.2. The van der Waals surface area contributed by atoms with Crippen molar-refractivity contribution in [1.29, 1.82) is 0 Å². The molecule has 1 aliphatic heterocycles. The fourth-order valence-corrected chi connectivity index (χ4v) is 5.91. The van der Waals surface area contributed by atoms with Crippen molar-refractivity contribution in [3.8, 4) is 16.3 Å². The molecule has 0 aliphatic carbocycles. The van der Waals surface area contributed by atoms with Crippen LogP contribution >= 0.6 is 11.3 Å². The summed E-state index contributed by atoms with van der Waals surface area (Å²) in [5.41, 5.74) is 4.78. The van der Waals surface area contributed by atoms with Crippen LogP contribution in [0, 0.1) is 12.8 Å². The Morgan fingerprint density at radius 3 is 2.62 bits per heavy atom. The average molecular weight is 599 g/mol. The zero-order valence-electron chi connectivity index (χ0n) is 24.1. The number of nitrogens with zero attached hydrogens (tertiary/aromatic N) is 3. The molecule has 1 unspecified atom stereocenters. The topological polar surface area (TPSA) is 155 Å². The van der Waals surface area contributed by atoms with Gasteiger partial charge in [-0.25, -0.2) is 4.98 Å². The quantitative estimate of drug-likeness (QED) is 0.232. The lowest BCUT2D eigenvalue weighted by Gasteiger charge is -2.28. The van der Waals surface area contributed by atoms with E-state index < -0.39 is 24.0 Å². The van der Waals surface area contributed by atoms with E-state index in [0.717, 1.165) is 21.7 Å². The molecule has 4 rings (SSSR count). The SMILES string of the molecule is Cc1ncsc1-c1ccc(CNC(=O)[C@@H]2C[C@@H](O)CN2C(=O)C(c2cc(OCCCCCC(=O)O)no2)C(C)C)cc1. The molecule has 3 aromatic rings. The fraction of sp³-hybridized carbons (Fsp3) is 0.500. The van der Waals surface area contributed by atoms with Crippen molar-refractivity contribution in [1.82, 2.24) is 20.4 Å². The maximum absolute atomic E-state index is 13.8. The number of carboxylic acid groups (broad SMARTS) is 1. The number of carboxylic acids is 1. The highest BCUT2D eigenvalue weighted by Crippen LogP contribution is 2.32. The molecule has 0 saturated carbocycles. The molecule has 3 heterocycles. The zero-order chi connectivity index (χ0) is 30.2. The number of rotatable bonds is 14. The highest BCUT2D eigenvalue weighted by molar-refractivity contribution is 7.13. The van der Waals surface area contributed by atoms with Crippen molar-refractivity contribution in [2.75, 3.05) is 13.2 Å². The van der Waals surface area contributed by atoms with Gasteiger partial charge in [-0.15, -0.1) is 11.3 Å². The molecule has 3 N–H and O–H groups in total. The van der Waals surface area contributed by atoms with Crippen LogP contribution < -0.4 is 10.1 Å². The van der Waals surface area contributed by atoms with Gasteiger partial charge in [0.05, 0.1) is 28.8 Å². The number of aliphatic carboxylic acids is 1. The van der Waals surface area contributed by atoms with Gasteiger partial charge in [-0.1, -0.05) is 38.1 Å². The molecule has 0 radical (unpaired) electrons. The lowest BCUT2D eigenvalue weighted by atomic mass is 9.91. The van der Waals surface area contributed by atoms with E-state index in [2.05, 4.69) is 15.5 Å². The Balaban J connectivity index is 1.35. The average Bonchev–Trinajstić information content (AvgIpc) is 3.69. The summed E-state index contributed by atoms with van der Waals surface area (Å²) in [6, 6.07) is 8.68. The number of hydrogen-bond donors (Lipinski definition) is 3. The van der Waals surface area contributed by atoms with E-state index in [0.29, 0.717) is 38.2 Å². The molecule has 0 spiro atoms. The van der Waals surface area contributed by atoms with Gasteiger partial charge in [0.1, 0.15) is 12.0 Å². The number of hydrogen-bond acceptors (Lipinski definition) is 9. The summed E-state index contributed by atoms with van der Waals surface area (Å²) in [4.78, 5) is 44.4. The highest BCUT2D eigenvalue weighted by Gasteiger charge is 2.43. The first-order valence-electron chi connectivity index (χ1n) is 14.2. The minimum Gasteiger partial charge on any atom is -0.481 e. The number of aliphatic hydroxyl groups excluding tert-OH is 1. The van der Waals surface area contributed by atoms with Crippen LogP contribution in [0.5, 0.6) is 5.88 Å². The number of aryl methyl sites for hydroxylation is 1. The molecule has 3 atom stereocenters. The summed E-state index contributed by atoms with van der Waals surface area (Å²) in [7, 11) is 0. The molecule has 2 aromatic heterocycles. The molecule has 12 heteroatoms. The van der Waals surface area contributed by atoms with E-state index in [9.17, 15) is 19.5 Å². The predicted molar refractivity (Wildman–Crippen MR) is 156 cm³/mol. The van der Waals surface area contributed by atoms with Crippen LogP contribution in [0.2, 0.25) is 0 Å². The van der Waals surface area contributed by atoms with Gasteiger partial charge in [-0.3, -0.25) is 14.4 Å². The standard InChI is InChI=1S/C30H38N4O7S/c1-18(2)27(24-14-25(33-41-24)40-12-6-4-5-7-26(36)37)30(39)34-16-22(35)13-23(34)29(38)31-15-20-8-10-21(11-9-20)28-19(3)32-17-42-28/h8-11,14,17-18,22-23,27,35H,4-7,12-13,15-16H2,1-3H3,(H,31,38)(H,36,37)/t22-,23+,27?/m1/s1. The summed E-state index contributed by atoms with van der Waals surface area (Å²) in [6.45, 7) is 6.43.